The van der Waals surface area contributed by atoms with Gasteiger partial charge in [-0.25, -0.2) is 0 Å². The van der Waals surface area contributed by atoms with Crippen LogP contribution in [0.4, 0.5) is 0 Å². The molecular formula is C33H41N6O7+. The van der Waals surface area contributed by atoms with Crippen molar-refractivity contribution >= 4 is 29.5 Å². The van der Waals surface area contributed by atoms with Crippen molar-refractivity contribution in [3.63, 3.8) is 0 Å². The Morgan fingerprint density at radius 2 is 1.37 bits per heavy atom. The van der Waals surface area contributed by atoms with Gasteiger partial charge in [0.2, 0.25) is 35.9 Å². The molecule has 0 saturated heterocycles. The second kappa shape index (κ2) is 17.1. The van der Waals surface area contributed by atoms with Crippen LogP contribution in [0, 0.1) is 5.92 Å². The predicted octanol–water partition coefficient (Wildman–Crippen LogP) is 0.145. The summed E-state index contributed by atoms with van der Waals surface area (Å²) in [6.45, 7) is 2.85. The number of primary amides is 1. The first-order valence-electron chi connectivity index (χ1n) is 14.9. The van der Waals surface area contributed by atoms with Crippen LogP contribution in [-0.2, 0) is 36.8 Å². The molecule has 3 atom stereocenters. The highest BCUT2D eigenvalue weighted by atomic mass is 16.3. The second-order valence-corrected chi connectivity index (χ2v) is 11.3. The molecule has 2 aromatic carbocycles. The molecule has 46 heavy (non-hydrogen) atoms. The number of nitrogens with zero attached hydrogens (tertiary/aromatic N) is 1. The summed E-state index contributed by atoms with van der Waals surface area (Å²) in [6, 6.07) is 15.5. The summed E-state index contributed by atoms with van der Waals surface area (Å²) in [5.41, 5.74) is 6.98. The van der Waals surface area contributed by atoms with Gasteiger partial charge in [0.05, 0.1) is 13.1 Å². The zero-order chi connectivity index (χ0) is 33.6. The number of pyridine rings is 1. The first-order chi connectivity index (χ1) is 21.9. The van der Waals surface area contributed by atoms with Gasteiger partial charge in [-0.2, -0.15) is 4.57 Å². The molecule has 1 heterocycles. The fraction of sp³-hybridized carbons (Fsp3) is 0.333. The summed E-state index contributed by atoms with van der Waals surface area (Å²) in [5.74, 6) is -3.01. The van der Waals surface area contributed by atoms with Crippen LogP contribution >= 0.6 is 0 Å². The molecular weight excluding hydrogens is 592 g/mol. The molecule has 0 aliphatic rings. The van der Waals surface area contributed by atoms with E-state index >= 15 is 0 Å². The number of amides is 5. The van der Waals surface area contributed by atoms with Gasteiger partial charge in [-0.3, -0.25) is 24.0 Å². The van der Waals surface area contributed by atoms with E-state index in [0.717, 1.165) is 11.1 Å². The largest absolute Gasteiger partial charge is 0.508 e. The van der Waals surface area contributed by atoms with E-state index in [2.05, 4.69) is 21.3 Å². The van der Waals surface area contributed by atoms with Gasteiger partial charge in [0, 0.05) is 18.9 Å². The number of carbonyl (C=O) groups excluding carboxylic acids is 5. The fourth-order valence-electron chi connectivity index (χ4n) is 4.68. The summed E-state index contributed by atoms with van der Waals surface area (Å²) >= 11 is 0. The number of phenolic OH excluding ortho intramolecular Hbond substituents is 1. The maximum absolute atomic E-state index is 13.2. The van der Waals surface area contributed by atoms with Crippen LogP contribution < -0.4 is 31.6 Å². The van der Waals surface area contributed by atoms with Crippen LogP contribution in [-0.4, -0.2) is 64.9 Å². The minimum Gasteiger partial charge on any atom is -0.508 e. The molecule has 0 aliphatic carbocycles. The quantitative estimate of drug-likeness (QED) is 0.109. The monoisotopic (exact) mass is 633 g/mol. The van der Waals surface area contributed by atoms with Gasteiger partial charge < -0.3 is 37.2 Å². The minimum atomic E-state index is -1.06. The van der Waals surface area contributed by atoms with Crippen LogP contribution in [0.2, 0.25) is 0 Å². The molecule has 0 bridgehead atoms. The van der Waals surface area contributed by atoms with Gasteiger partial charge in [0.15, 0.2) is 11.9 Å². The third-order valence-corrected chi connectivity index (χ3v) is 7.01. The van der Waals surface area contributed by atoms with Crippen LogP contribution in [0.1, 0.15) is 37.4 Å². The SMILES string of the molecule is CC(C)C[C@H](NC(=O)[C@H](Cc1ccccc1)NC(=O)CNC(=O)CNC(=O)[C@H](Cc1ccc(O)cc1)[n+]1cccc(O)c1)C(N)=O. The van der Waals surface area contributed by atoms with Crippen molar-refractivity contribution in [3.05, 3.63) is 90.3 Å². The molecule has 13 nitrogen and oxygen atoms in total. The molecule has 0 unspecified atom stereocenters. The van der Waals surface area contributed by atoms with Crippen molar-refractivity contribution in [2.24, 2.45) is 11.7 Å². The minimum absolute atomic E-state index is 0.0564. The number of benzene rings is 2. The van der Waals surface area contributed by atoms with Gasteiger partial charge in [0.25, 0.3) is 5.91 Å². The maximum Gasteiger partial charge on any atom is 0.289 e. The molecule has 3 aromatic rings. The number of hydrogen-bond donors (Lipinski definition) is 7. The second-order valence-electron chi connectivity index (χ2n) is 11.3. The van der Waals surface area contributed by atoms with Crippen LogP contribution in [0.15, 0.2) is 79.1 Å². The molecule has 5 amide bonds. The van der Waals surface area contributed by atoms with Crippen molar-refractivity contribution in [1.29, 1.82) is 0 Å². The van der Waals surface area contributed by atoms with E-state index in [-0.39, 0.29) is 30.3 Å². The molecule has 13 heteroatoms. The maximum atomic E-state index is 13.2. The molecule has 8 N–H and O–H groups in total. The topological polar surface area (TPSA) is 204 Å². The third-order valence-electron chi connectivity index (χ3n) is 7.01. The van der Waals surface area contributed by atoms with E-state index in [0.29, 0.717) is 6.42 Å². The van der Waals surface area contributed by atoms with Crippen molar-refractivity contribution < 1.29 is 38.8 Å². The van der Waals surface area contributed by atoms with Gasteiger partial charge in [0.1, 0.15) is 17.8 Å². The number of phenols is 1. The van der Waals surface area contributed by atoms with Gasteiger partial charge in [-0.1, -0.05) is 56.3 Å². The summed E-state index contributed by atoms with van der Waals surface area (Å²) in [7, 11) is 0. The highest BCUT2D eigenvalue weighted by molar-refractivity contribution is 5.93. The Bertz CT molecular complexity index is 1500. The molecule has 244 valence electrons. The lowest BCUT2D eigenvalue weighted by Crippen LogP contribution is -2.55. The van der Waals surface area contributed by atoms with Crippen molar-refractivity contribution in [2.45, 2.75) is 51.2 Å². The Labute approximate surface area is 267 Å². The highest BCUT2D eigenvalue weighted by Gasteiger charge is 2.29. The number of nitrogens with two attached hydrogens (primary N) is 1. The lowest BCUT2D eigenvalue weighted by molar-refractivity contribution is -0.709. The molecule has 0 fully saturated rings. The molecule has 3 rings (SSSR count). The van der Waals surface area contributed by atoms with E-state index in [1.807, 2.05) is 19.9 Å². The van der Waals surface area contributed by atoms with Crippen LogP contribution in [0.3, 0.4) is 0 Å². The first kappa shape index (κ1) is 35.0. The van der Waals surface area contributed by atoms with E-state index in [1.54, 1.807) is 48.7 Å². The average molecular weight is 634 g/mol. The number of hydrogen-bond acceptors (Lipinski definition) is 7. The summed E-state index contributed by atoms with van der Waals surface area (Å²) in [5, 5.41) is 29.7. The molecule has 0 spiro atoms. The Morgan fingerprint density at radius 1 is 0.717 bits per heavy atom. The Morgan fingerprint density at radius 3 is 2.00 bits per heavy atom. The number of carbonyl (C=O) groups is 5. The van der Waals surface area contributed by atoms with Crippen LogP contribution in [0.25, 0.3) is 0 Å². The Kier molecular flexibility index (Phi) is 13.0. The Balaban J connectivity index is 1.59. The standard InChI is InChI=1S/C33H40N6O7/c1-21(2)15-26(31(34)44)38-32(45)27(16-22-7-4-3-5-8-22)37-30(43)19-35-29(42)18-36-33(46)28(39-14-6-9-25(41)20-39)17-23-10-12-24(40)13-11-23/h3-14,20-21,26-28H,15-19H2,1-2H3,(H7-,34,35,36,37,38,40,41,42,43,44,45,46)/p+1/t26-,27-,28-/m0/s1. The van der Waals surface area contributed by atoms with Gasteiger partial charge in [-0.05, 0) is 41.7 Å². The number of nitrogens with one attached hydrogen (secondary N) is 4. The average Bonchev–Trinajstić information content (AvgIpc) is 3.02. The zero-order valence-corrected chi connectivity index (χ0v) is 25.8. The fourth-order valence-corrected chi connectivity index (χ4v) is 4.68. The molecule has 0 aliphatic heterocycles. The molecule has 0 saturated carbocycles. The Hall–Kier alpha value is -5.46. The first-order valence-corrected chi connectivity index (χ1v) is 14.9. The molecule has 1 aromatic heterocycles. The smallest absolute Gasteiger partial charge is 0.289 e. The lowest BCUT2D eigenvalue weighted by atomic mass is 10.0. The molecule has 0 radical (unpaired) electrons. The number of rotatable bonds is 16. The number of aromatic nitrogens is 1. The van der Waals surface area contributed by atoms with Crippen molar-refractivity contribution in [3.8, 4) is 11.5 Å². The van der Waals surface area contributed by atoms with E-state index < -0.39 is 60.8 Å². The summed E-state index contributed by atoms with van der Waals surface area (Å²) in [4.78, 5) is 63.6. The highest BCUT2D eigenvalue weighted by Crippen LogP contribution is 2.15. The number of aromatic hydroxyl groups is 2. The predicted molar refractivity (Wildman–Crippen MR) is 168 cm³/mol. The van der Waals surface area contributed by atoms with Crippen molar-refractivity contribution in [2.75, 3.05) is 13.1 Å². The van der Waals surface area contributed by atoms with Gasteiger partial charge >= 0.3 is 0 Å². The van der Waals surface area contributed by atoms with Crippen LogP contribution in [0.5, 0.6) is 11.5 Å². The van der Waals surface area contributed by atoms with Gasteiger partial charge in [-0.15, -0.1) is 0 Å². The van der Waals surface area contributed by atoms with E-state index in [9.17, 15) is 34.2 Å². The normalized spacial score (nSPS) is 12.8. The zero-order valence-electron chi connectivity index (χ0n) is 25.8. The summed E-state index contributed by atoms with van der Waals surface area (Å²) < 4.78 is 1.50. The van der Waals surface area contributed by atoms with Crippen molar-refractivity contribution in [1.82, 2.24) is 21.3 Å². The summed E-state index contributed by atoms with van der Waals surface area (Å²) in [6.07, 6.45) is 3.64. The van der Waals surface area contributed by atoms with E-state index in [1.165, 1.54) is 29.0 Å². The third kappa shape index (κ3) is 11.6. The van der Waals surface area contributed by atoms with E-state index in [4.69, 9.17) is 5.73 Å². The lowest BCUT2D eigenvalue weighted by Gasteiger charge is -2.23.